The van der Waals surface area contributed by atoms with Gasteiger partial charge < -0.3 is 14.9 Å². The summed E-state index contributed by atoms with van der Waals surface area (Å²) in [6, 6.07) is 11.0. The Morgan fingerprint density at radius 1 is 0.941 bits per heavy atom. The number of hydrogen-bond acceptors (Lipinski definition) is 6. The molecule has 0 saturated carbocycles. The fourth-order valence-electron chi connectivity index (χ4n) is 4.38. The fourth-order valence-corrected chi connectivity index (χ4v) is 5.43. The predicted octanol–water partition coefficient (Wildman–Crippen LogP) is 2.24. The van der Waals surface area contributed by atoms with Gasteiger partial charge in [-0.25, -0.2) is 13.2 Å². The van der Waals surface area contributed by atoms with Crippen molar-refractivity contribution in [2.24, 2.45) is 0 Å². The number of carboxylic acids is 1. The summed E-state index contributed by atoms with van der Waals surface area (Å²) < 4.78 is 27.9. The van der Waals surface area contributed by atoms with Crippen LogP contribution in [0.3, 0.4) is 0 Å². The molecule has 2 N–H and O–H groups in total. The molecule has 2 heterocycles. The quantitative estimate of drug-likeness (QED) is 0.618. The molecular formula is C24H30N4O5S. The zero-order valence-electron chi connectivity index (χ0n) is 19.2. The van der Waals surface area contributed by atoms with E-state index in [0.717, 1.165) is 31.5 Å². The Labute approximate surface area is 200 Å². The summed E-state index contributed by atoms with van der Waals surface area (Å²) in [5.74, 6) is -0.972. The Kier molecular flexibility index (Phi) is 7.08. The molecule has 0 atom stereocenters. The van der Waals surface area contributed by atoms with E-state index in [1.165, 1.54) is 18.2 Å². The molecule has 2 fully saturated rings. The predicted molar refractivity (Wildman–Crippen MR) is 130 cm³/mol. The first-order valence-corrected chi connectivity index (χ1v) is 12.9. The standard InChI is InChI=1S/C24H30N4O5S/c1-18-4-7-20(8-5-18)34(32,33)25-19-6-9-22(21(16-19)24(30)31)27-14-12-26(13-15-27)17-23(29)28-10-2-3-11-28/h4-9,16,25H,2-3,10-15,17H2,1H3,(H,30,31). The van der Waals surface area contributed by atoms with Gasteiger partial charge in [0, 0.05) is 45.0 Å². The van der Waals surface area contributed by atoms with Crippen LogP contribution >= 0.6 is 0 Å². The van der Waals surface area contributed by atoms with E-state index >= 15 is 0 Å². The normalized spacial score (nSPS) is 17.1. The number of nitrogens with one attached hydrogen (secondary N) is 1. The highest BCUT2D eigenvalue weighted by Gasteiger charge is 2.26. The molecule has 10 heteroatoms. The minimum absolute atomic E-state index is 0.0331. The second-order valence-corrected chi connectivity index (χ2v) is 10.5. The summed E-state index contributed by atoms with van der Waals surface area (Å²) in [7, 11) is -3.84. The van der Waals surface area contributed by atoms with Gasteiger partial charge in [0.1, 0.15) is 0 Å². The number of anilines is 2. The van der Waals surface area contributed by atoms with Crippen LogP contribution in [0.15, 0.2) is 47.4 Å². The largest absolute Gasteiger partial charge is 0.478 e. The van der Waals surface area contributed by atoms with E-state index in [0.29, 0.717) is 38.4 Å². The maximum absolute atomic E-state index is 12.7. The Morgan fingerprint density at radius 2 is 1.59 bits per heavy atom. The third kappa shape index (κ3) is 5.51. The first-order chi connectivity index (χ1) is 16.2. The van der Waals surface area contributed by atoms with Gasteiger partial charge in [0.25, 0.3) is 10.0 Å². The topological polar surface area (TPSA) is 110 Å². The van der Waals surface area contributed by atoms with E-state index in [1.54, 1.807) is 24.3 Å². The van der Waals surface area contributed by atoms with E-state index in [9.17, 15) is 23.1 Å². The van der Waals surface area contributed by atoms with E-state index in [-0.39, 0.29) is 22.1 Å². The van der Waals surface area contributed by atoms with Crippen molar-refractivity contribution < 1.29 is 23.1 Å². The Morgan fingerprint density at radius 3 is 2.21 bits per heavy atom. The van der Waals surface area contributed by atoms with Crippen molar-refractivity contribution >= 4 is 33.3 Å². The smallest absolute Gasteiger partial charge is 0.337 e. The molecule has 2 saturated heterocycles. The minimum Gasteiger partial charge on any atom is -0.478 e. The second-order valence-electron chi connectivity index (χ2n) is 8.81. The summed E-state index contributed by atoms with van der Waals surface area (Å²) in [5.41, 5.74) is 1.70. The number of piperazine rings is 1. The van der Waals surface area contributed by atoms with E-state index < -0.39 is 16.0 Å². The Bertz CT molecular complexity index is 1150. The number of carbonyl (C=O) groups excluding carboxylic acids is 1. The number of aromatic carboxylic acids is 1. The van der Waals surface area contributed by atoms with E-state index in [1.807, 2.05) is 16.7 Å². The minimum atomic E-state index is -3.84. The molecule has 4 rings (SSSR count). The molecular weight excluding hydrogens is 456 g/mol. The van der Waals surface area contributed by atoms with E-state index in [4.69, 9.17) is 0 Å². The molecule has 34 heavy (non-hydrogen) atoms. The van der Waals surface area contributed by atoms with Crippen LogP contribution in [0.1, 0.15) is 28.8 Å². The third-order valence-corrected chi connectivity index (χ3v) is 7.74. The molecule has 2 aliphatic heterocycles. The van der Waals surface area contributed by atoms with Gasteiger partial charge in [0.05, 0.1) is 22.7 Å². The number of nitrogens with zero attached hydrogens (tertiary/aromatic N) is 3. The van der Waals surface area contributed by atoms with Gasteiger partial charge in [-0.3, -0.25) is 14.4 Å². The highest BCUT2D eigenvalue weighted by atomic mass is 32.2. The molecule has 0 bridgehead atoms. The van der Waals surface area contributed by atoms with Crippen LogP contribution < -0.4 is 9.62 Å². The second kappa shape index (κ2) is 10.0. The van der Waals surface area contributed by atoms with Gasteiger partial charge in [0.2, 0.25) is 5.91 Å². The van der Waals surface area contributed by atoms with Crippen LogP contribution in [0.25, 0.3) is 0 Å². The average Bonchev–Trinajstić information content (AvgIpc) is 3.35. The molecule has 0 aromatic heterocycles. The number of benzene rings is 2. The van der Waals surface area contributed by atoms with Crippen molar-refractivity contribution in [2.45, 2.75) is 24.7 Å². The number of amides is 1. The maximum Gasteiger partial charge on any atom is 0.337 e. The lowest BCUT2D eigenvalue weighted by Crippen LogP contribution is -2.50. The Hall–Kier alpha value is -3.11. The number of likely N-dealkylation sites (tertiary alicyclic amines) is 1. The summed E-state index contributed by atoms with van der Waals surface area (Å²) in [6.07, 6.45) is 2.13. The van der Waals surface area contributed by atoms with Gasteiger partial charge >= 0.3 is 5.97 Å². The molecule has 0 radical (unpaired) electrons. The van der Waals surface area contributed by atoms with Crippen molar-refractivity contribution in [3.63, 3.8) is 0 Å². The molecule has 2 aliphatic rings. The Balaban J connectivity index is 1.43. The lowest BCUT2D eigenvalue weighted by Gasteiger charge is -2.37. The van der Waals surface area contributed by atoms with Crippen molar-refractivity contribution in [3.05, 3.63) is 53.6 Å². The van der Waals surface area contributed by atoms with Crippen molar-refractivity contribution in [1.82, 2.24) is 9.80 Å². The zero-order chi connectivity index (χ0) is 24.3. The van der Waals surface area contributed by atoms with Crippen molar-refractivity contribution in [3.8, 4) is 0 Å². The van der Waals surface area contributed by atoms with Crippen LogP contribution in [0, 0.1) is 6.92 Å². The van der Waals surface area contributed by atoms with Gasteiger partial charge in [0.15, 0.2) is 0 Å². The molecule has 9 nitrogen and oxygen atoms in total. The number of carboxylic acid groups (broad SMARTS) is 1. The van der Waals surface area contributed by atoms with Gasteiger partial charge in [-0.15, -0.1) is 0 Å². The van der Waals surface area contributed by atoms with Gasteiger partial charge in [-0.2, -0.15) is 0 Å². The lowest BCUT2D eigenvalue weighted by atomic mass is 10.1. The highest BCUT2D eigenvalue weighted by Crippen LogP contribution is 2.27. The maximum atomic E-state index is 12.7. The lowest BCUT2D eigenvalue weighted by molar-refractivity contribution is -0.131. The number of aryl methyl sites for hydroxylation is 1. The first-order valence-electron chi connectivity index (χ1n) is 11.4. The van der Waals surface area contributed by atoms with Gasteiger partial charge in [-0.1, -0.05) is 17.7 Å². The third-order valence-electron chi connectivity index (χ3n) is 6.34. The van der Waals surface area contributed by atoms with Crippen LogP contribution in [0.4, 0.5) is 11.4 Å². The van der Waals surface area contributed by atoms with Crippen LogP contribution in [-0.2, 0) is 14.8 Å². The fraction of sp³-hybridized carbons (Fsp3) is 0.417. The number of carbonyl (C=O) groups is 2. The number of sulfonamides is 1. The monoisotopic (exact) mass is 486 g/mol. The summed E-state index contributed by atoms with van der Waals surface area (Å²) in [4.78, 5) is 30.5. The van der Waals surface area contributed by atoms with Crippen molar-refractivity contribution in [2.75, 3.05) is 55.4 Å². The van der Waals surface area contributed by atoms with E-state index in [2.05, 4.69) is 9.62 Å². The molecule has 0 aliphatic carbocycles. The number of hydrogen-bond donors (Lipinski definition) is 2. The first kappa shape index (κ1) is 24.0. The number of rotatable bonds is 7. The summed E-state index contributed by atoms with van der Waals surface area (Å²) in [6.45, 7) is 6.40. The molecule has 182 valence electrons. The molecule has 2 aromatic rings. The summed E-state index contributed by atoms with van der Waals surface area (Å²) >= 11 is 0. The molecule has 2 aromatic carbocycles. The van der Waals surface area contributed by atoms with Crippen molar-refractivity contribution in [1.29, 1.82) is 0 Å². The molecule has 0 spiro atoms. The van der Waals surface area contributed by atoms with Crippen LogP contribution in [0.2, 0.25) is 0 Å². The summed E-state index contributed by atoms with van der Waals surface area (Å²) in [5, 5.41) is 9.79. The highest BCUT2D eigenvalue weighted by molar-refractivity contribution is 7.92. The zero-order valence-corrected chi connectivity index (χ0v) is 20.1. The van der Waals surface area contributed by atoms with Crippen LogP contribution in [0.5, 0.6) is 0 Å². The van der Waals surface area contributed by atoms with Crippen LogP contribution in [-0.4, -0.2) is 81.0 Å². The average molecular weight is 487 g/mol. The molecule has 0 unspecified atom stereocenters. The van der Waals surface area contributed by atoms with Gasteiger partial charge in [-0.05, 0) is 50.1 Å². The SMILES string of the molecule is Cc1ccc(S(=O)(=O)Nc2ccc(N3CCN(CC(=O)N4CCCC4)CC3)c(C(=O)O)c2)cc1. The molecule has 1 amide bonds.